The summed E-state index contributed by atoms with van der Waals surface area (Å²) in [5, 5.41) is 0.802. The van der Waals surface area contributed by atoms with Crippen molar-refractivity contribution in [3.8, 4) is 0 Å². The fraction of sp³-hybridized carbons (Fsp3) is 0.250. The van der Waals surface area contributed by atoms with E-state index in [0.717, 1.165) is 11.6 Å². The van der Waals surface area contributed by atoms with Crippen molar-refractivity contribution in [3.05, 3.63) is 34.9 Å². The molecule has 0 bridgehead atoms. The van der Waals surface area contributed by atoms with Gasteiger partial charge in [-0.05, 0) is 17.7 Å². The van der Waals surface area contributed by atoms with Gasteiger partial charge >= 0.3 is 0 Å². The van der Waals surface area contributed by atoms with Gasteiger partial charge in [0.25, 0.3) is 0 Å². The van der Waals surface area contributed by atoms with Crippen LogP contribution >= 0.6 is 11.6 Å². The van der Waals surface area contributed by atoms with Gasteiger partial charge in [-0.25, -0.2) is 5.43 Å². The first kappa shape index (κ1) is 7.10. The number of nitrogens with one attached hydrogen (secondary N) is 2. The Bertz CT molecular complexity index is 253. The SMILES string of the molecule is ClC1=CC2=CCNNC2C=C1. The second-order valence-corrected chi connectivity index (χ2v) is 3.03. The average Bonchev–Trinajstić information content (AvgIpc) is 2.04. The predicted octanol–water partition coefficient (Wildman–Crippen LogP) is 1.08. The topological polar surface area (TPSA) is 24.1 Å². The molecule has 1 unspecified atom stereocenters. The molecule has 0 fully saturated rings. The molecule has 58 valence electrons. The molecule has 0 aromatic carbocycles. The molecule has 0 aromatic heterocycles. The maximum Gasteiger partial charge on any atom is 0.0644 e. The minimum atomic E-state index is 0.297. The first-order chi connectivity index (χ1) is 5.36. The fourth-order valence-corrected chi connectivity index (χ4v) is 1.45. The van der Waals surface area contributed by atoms with Crippen molar-refractivity contribution in [3.63, 3.8) is 0 Å². The van der Waals surface area contributed by atoms with Crippen molar-refractivity contribution in [1.82, 2.24) is 10.9 Å². The average molecular weight is 169 g/mol. The van der Waals surface area contributed by atoms with E-state index >= 15 is 0 Å². The molecule has 2 N–H and O–H groups in total. The Kier molecular flexibility index (Phi) is 1.82. The monoisotopic (exact) mass is 168 g/mol. The second kappa shape index (κ2) is 2.81. The number of halogens is 1. The number of hydrogen-bond acceptors (Lipinski definition) is 2. The molecule has 0 saturated heterocycles. The lowest BCUT2D eigenvalue weighted by Crippen LogP contribution is -2.44. The van der Waals surface area contributed by atoms with Gasteiger partial charge in [0, 0.05) is 11.6 Å². The Morgan fingerprint density at radius 1 is 1.55 bits per heavy atom. The van der Waals surface area contributed by atoms with Gasteiger partial charge in [0.05, 0.1) is 6.04 Å². The van der Waals surface area contributed by atoms with E-state index in [9.17, 15) is 0 Å². The number of fused-ring (bicyclic) bond motifs is 1. The van der Waals surface area contributed by atoms with Crippen LogP contribution in [0.15, 0.2) is 34.9 Å². The Morgan fingerprint density at radius 2 is 2.45 bits per heavy atom. The normalized spacial score (nSPS) is 29.0. The largest absolute Gasteiger partial charge is 0.253 e. The zero-order valence-electron chi connectivity index (χ0n) is 5.97. The maximum atomic E-state index is 5.82. The van der Waals surface area contributed by atoms with Gasteiger partial charge in [-0.15, -0.1) is 0 Å². The molecule has 0 amide bonds. The van der Waals surface area contributed by atoms with E-state index in [0.29, 0.717) is 6.04 Å². The van der Waals surface area contributed by atoms with Gasteiger partial charge in [-0.1, -0.05) is 23.8 Å². The maximum absolute atomic E-state index is 5.82. The van der Waals surface area contributed by atoms with Crippen molar-refractivity contribution >= 4 is 11.6 Å². The minimum absolute atomic E-state index is 0.297. The first-order valence-corrected chi connectivity index (χ1v) is 3.98. The summed E-state index contributed by atoms with van der Waals surface area (Å²) in [6.45, 7) is 0.861. The highest BCUT2D eigenvalue weighted by Crippen LogP contribution is 2.19. The van der Waals surface area contributed by atoms with Crippen LogP contribution in [0.2, 0.25) is 0 Å². The van der Waals surface area contributed by atoms with Crippen molar-refractivity contribution < 1.29 is 0 Å². The van der Waals surface area contributed by atoms with Crippen LogP contribution in [-0.4, -0.2) is 12.6 Å². The standard InChI is InChI=1S/C8H9ClN2/c9-7-1-2-8-6(5-7)3-4-10-11-8/h1-3,5,8,10-11H,4H2. The van der Waals surface area contributed by atoms with E-state index in [-0.39, 0.29) is 0 Å². The van der Waals surface area contributed by atoms with Crippen molar-refractivity contribution in [1.29, 1.82) is 0 Å². The highest BCUT2D eigenvalue weighted by molar-refractivity contribution is 6.31. The molecular formula is C8H9ClN2. The molecule has 3 heteroatoms. The Labute approximate surface area is 70.6 Å². The Balaban J connectivity index is 2.29. The summed E-state index contributed by atoms with van der Waals surface area (Å²) < 4.78 is 0. The summed E-state index contributed by atoms with van der Waals surface area (Å²) in [6.07, 6.45) is 8.07. The van der Waals surface area contributed by atoms with Gasteiger partial charge in [0.2, 0.25) is 0 Å². The molecule has 2 nitrogen and oxygen atoms in total. The van der Waals surface area contributed by atoms with Crippen molar-refractivity contribution in [2.75, 3.05) is 6.54 Å². The molecular weight excluding hydrogens is 160 g/mol. The third-order valence-corrected chi connectivity index (χ3v) is 2.04. The van der Waals surface area contributed by atoms with Crippen molar-refractivity contribution in [2.24, 2.45) is 0 Å². The summed E-state index contributed by atoms with van der Waals surface area (Å²) in [5.74, 6) is 0. The second-order valence-electron chi connectivity index (χ2n) is 2.60. The Morgan fingerprint density at radius 3 is 3.36 bits per heavy atom. The lowest BCUT2D eigenvalue weighted by Gasteiger charge is -2.24. The highest BCUT2D eigenvalue weighted by atomic mass is 35.5. The summed E-state index contributed by atoms with van der Waals surface area (Å²) in [7, 11) is 0. The molecule has 2 aliphatic rings. The Hall–Kier alpha value is -0.570. The van der Waals surface area contributed by atoms with Crippen LogP contribution in [0.25, 0.3) is 0 Å². The molecule has 1 aliphatic heterocycles. The lowest BCUT2D eigenvalue weighted by molar-refractivity contribution is 0.520. The zero-order chi connectivity index (χ0) is 7.68. The summed E-state index contributed by atoms with van der Waals surface area (Å²) in [5.41, 5.74) is 7.43. The van der Waals surface area contributed by atoms with Crippen LogP contribution in [-0.2, 0) is 0 Å². The van der Waals surface area contributed by atoms with Crippen LogP contribution in [0.1, 0.15) is 0 Å². The molecule has 1 aliphatic carbocycles. The number of hydrogen-bond donors (Lipinski definition) is 2. The lowest BCUT2D eigenvalue weighted by atomic mass is 10.0. The third kappa shape index (κ3) is 1.38. The molecule has 11 heavy (non-hydrogen) atoms. The van der Waals surface area contributed by atoms with Crippen LogP contribution in [0.5, 0.6) is 0 Å². The summed E-state index contributed by atoms with van der Waals surface area (Å²) >= 11 is 5.82. The smallest absolute Gasteiger partial charge is 0.0644 e. The van der Waals surface area contributed by atoms with Crippen LogP contribution in [0.4, 0.5) is 0 Å². The number of allylic oxidation sites excluding steroid dienone is 2. The van der Waals surface area contributed by atoms with E-state index in [4.69, 9.17) is 11.6 Å². The van der Waals surface area contributed by atoms with E-state index in [1.165, 1.54) is 5.57 Å². The number of hydrazine groups is 1. The highest BCUT2D eigenvalue weighted by Gasteiger charge is 2.14. The molecule has 1 atom stereocenters. The zero-order valence-corrected chi connectivity index (χ0v) is 6.73. The molecule has 0 radical (unpaired) electrons. The van der Waals surface area contributed by atoms with Gasteiger partial charge in [-0.3, -0.25) is 5.43 Å². The summed E-state index contributed by atoms with van der Waals surface area (Å²) in [6, 6.07) is 0.297. The first-order valence-electron chi connectivity index (χ1n) is 3.60. The van der Waals surface area contributed by atoms with Crippen LogP contribution in [0.3, 0.4) is 0 Å². The van der Waals surface area contributed by atoms with Crippen LogP contribution in [0, 0.1) is 0 Å². The molecule has 0 aromatic rings. The molecule has 0 spiro atoms. The van der Waals surface area contributed by atoms with Gasteiger partial charge in [-0.2, -0.15) is 0 Å². The van der Waals surface area contributed by atoms with Crippen molar-refractivity contribution in [2.45, 2.75) is 6.04 Å². The fourth-order valence-electron chi connectivity index (χ4n) is 1.25. The minimum Gasteiger partial charge on any atom is -0.253 e. The third-order valence-electron chi connectivity index (χ3n) is 1.81. The van der Waals surface area contributed by atoms with E-state index < -0.39 is 0 Å². The van der Waals surface area contributed by atoms with E-state index in [2.05, 4.69) is 16.9 Å². The van der Waals surface area contributed by atoms with Gasteiger partial charge in [0.1, 0.15) is 0 Å². The molecule has 1 heterocycles. The quantitative estimate of drug-likeness (QED) is 0.566. The predicted molar refractivity (Wildman–Crippen MR) is 46.1 cm³/mol. The molecule has 2 rings (SSSR count). The molecule has 0 saturated carbocycles. The number of rotatable bonds is 0. The summed E-state index contributed by atoms with van der Waals surface area (Å²) in [4.78, 5) is 0. The van der Waals surface area contributed by atoms with Crippen LogP contribution < -0.4 is 10.9 Å². The van der Waals surface area contributed by atoms with E-state index in [1.807, 2.05) is 18.2 Å². The van der Waals surface area contributed by atoms with Gasteiger partial charge in [0.15, 0.2) is 0 Å². The van der Waals surface area contributed by atoms with E-state index in [1.54, 1.807) is 0 Å². The van der Waals surface area contributed by atoms with Gasteiger partial charge < -0.3 is 0 Å².